The van der Waals surface area contributed by atoms with Crippen molar-refractivity contribution in [2.24, 2.45) is 0 Å². The molecular weight excluding hydrogens is 286 g/mol. The summed E-state index contributed by atoms with van der Waals surface area (Å²) in [5.74, 6) is -1.00. The van der Waals surface area contributed by atoms with Crippen LogP contribution in [0.2, 0.25) is 0 Å². The van der Waals surface area contributed by atoms with Crippen LogP contribution in [0.25, 0.3) is 0 Å². The van der Waals surface area contributed by atoms with Gasteiger partial charge in [0.25, 0.3) is 0 Å². The van der Waals surface area contributed by atoms with Gasteiger partial charge in [-0.1, -0.05) is 13.3 Å². The average Bonchev–Trinajstić information content (AvgIpc) is 2.54. The second-order valence-corrected chi connectivity index (χ2v) is 5.18. The van der Waals surface area contributed by atoms with E-state index in [1.165, 1.54) is 0 Å². The zero-order valence-corrected chi connectivity index (χ0v) is 13.4. The molecule has 126 valence electrons. The molecule has 1 saturated heterocycles. The van der Waals surface area contributed by atoms with Gasteiger partial charge in [-0.3, -0.25) is 4.90 Å². The summed E-state index contributed by atoms with van der Waals surface area (Å²) in [5.41, 5.74) is 0. The minimum atomic E-state index is -0.502. The number of hydrogen-bond acceptors (Lipinski definition) is 6. The average molecular weight is 313 g/mol. The highest BCUT2D eigenvalue weighted by molar-refractivity contribution is 5.91. The first-order valence-corrected chi connectivity index (χ1v) is 8.04. The lowest BCUT2D eigenvalue weighted by Crippen LogP contribution is -2.36. The maximum Gasteiger partial charge on any atom is 0.331 e. The molecule has 6 heteroatoms. The van der Waals surface area contributed by atoms with Gasteiger partial charge < -0.3 is 14.2 Å². The largest absolute Gasteiger partial charge is 0.463 e. The van der Waals surface area contributed by atoms with Crippen LogP contribution < -0.4 is 0 Å². The lowest BCUT2D eigenvalue weighted by atomic mass is 10.3. The quantitative estimate of drug-likeness (QED) is 0.346. The van der Waals surface area contributed by atoms with Crippen LogP contribution >= 0.6 is 0 Å². The number of hydrogen-bond donors (Lipinski definition) is 0. The second-order valence-electron chi connectivity index (χ2n) is 5.18. The monoisotopic (exact) mass is 313 g/mol. The van der Waals surface area contributed by atoms with E-state index in [-0.39, 0.29) is 0 Å². The van der Waals surface area contributed by atoms with Crippen LogP contribution in [0.1, 0.15) is 32.6 Å². The molecule has 1 rings (SSSR count). The Morgan fingerprint density at radius 2 is 1.59 bits per heavy atom. The van der Waals surface area contributed by atoms with E-state index in [9.17, 15) is 9.59 Å². The van der Waals surface area contributed by atoms with Crippen molar-refractivity contribution in [3.8, 4) is 0 Å². The van der Waals surface area contributed by atoms with E-state index in [1.54, 1.807) is 0 Å². The van der Waals surface area contributed by atoms with Crippen molar-refractivity contribution in [2.75, 3.05) is 46.1 Å². The van der Waals surface area contributed by atoms with Crippen molar-refractivity contribution in [3.05, 3.63) is 12.2 Å². The van der Waals surface area contributed by atoms with E-state index in [1.807, 2.05) is 6.92 Å². The minimum absolute atomic E-state index is 0.373. The first kappa shape index (κ1) is 18.6. The summed E-state index contributed by atoms with van der Waals surface area (Å²) in [6.07, 6.45) is 5.83. The summed E-state index contributed by atoms with van der Waals surface area (Å²) >= 11 is 0. The van der Waals surface area contributed by atoms with Crippen molar-refractivity contribution in [1.29, 1.82) is 0 Å². The number of rotatable bonds is 10. The topological polar surface area (TPSA) is 65.1 Å². The summed E-state index contributed by atoms with van der Waals surface area (Å²) in [5, 5.41) is 0. The third-order valence-corrected chi connectivity index (χ3v) is 3.31. The van der Waals surface area contributed by atoms with Crippen LogP contribution in [-0.4, -0.2) is 62.9 Å². The zero-order valence-electron chi connectivity index (χ0n) is 13.4. The SMILES string of the molecule is CCCCOC(=O)C=CC(=O)OCCCCN1CCOCC1. The summed E-state index contributed by atoms with van der Waals surface area (Å²) in [4.78, 5) is 25.0. The highest BCUT2D eigenvalue weighted by Crippen LogP contribution is 2.00. The fraction of sp³-hybridized carbons (Fsp3) is 0.750. The van der Waals surface area contributed by atoms with Crippen molar-refractivity contribution in [2.45, 2.75) is 32.6 Å². The molecule has 0 bridgehead atoms. The maximum atomic E-state index is 11.4. The Bertz CT molecular complexity index is 350. The van der Waals surface area contributed by atoms with Crippen LogP contribution in [-0.2, 0) is 23.8 Å². The van der Waals surface area contributed by atoms with Gasteiger partial charge in [0.2, 0.25) is 0 Å². The molecular formula is C16H27NO5. The van der Waals surface area contributed by atoms with Crippen molar-refractivity contribution >= 4 is 11.9 Å². The Morgan fingerprint density at radius 1 is 1.00 bits per heavy atom. The van der Waals surface area contributed by atoms with E-state index in [4.69, 9.17) is 14.2 Å². The Labute approximate surface area is 132 Å². The van der Waals surface area contributed by atoms with Gasteiger partial charge >= 0.3 is 11.9 Å². The third-order valence-electron chi connectivity index (χ3n) is 3.31. The first-order chi connectivity index (χ1) is 10.7. The molecule has 0 amide bonds. The molecule has 1 aliphatic heterocycles. The summed E-state index contributed by atoms with van der Waals surface area (Å²) in [7, 11) is 0. The summed E-state index contributed by atoms with van der Waals surface area (Å²) in [6.45, 7) is 7.32. The Kier molecular flexibility index (Phi) is 10.3. The van der Waals surface area contributed by atoms with Crippen LogP contribution in [0, 0.1) is 0 Å². The molecule has 0 unspecified atom stereocenters. The second kappa shape index (κ2) is 12.2. The van der Waals surface area contributed by atoms with E-state index >= 15 is 0 Å². The minimum Gasteiger partial charge on any atom is -0.463 e. The van der Waals surface area contributed by atoms with Crippen molar-refractivity contribution in [3.63, 3.8) is 0 Å². The normalized spacial score (nSPS) is 15.9. The standard InChI is InChI=1S/C16H27NO5/c1-2-3-11-21-15(18)6-7-16(19)22-12-5-4-8-17-9-13-20-14-10-17/h6-7H,2-5,8-14H2,1H3. The maximum absolute atomic E-state index is 11.4. The highest BCUT2D eigenvalue weighted by atomic mass is 16.5. The van der Waals surface area contributed by atoms with Gasteiger partial charge in [0.1, 0.15) is 0 Å². The van der Waals surface area contributed by atoms with Gasteiger partial charge in [0, 0.05) is 25.2 Å². The molecule has 0 saturated carbocycles. The number of carbonyl (C=O) groups is 2. The zero-order chi connectivity index (χ0) is 16.0. The molecule has 0 aromatic rings. The van der Waals surface area contributed by atoms with E-state index in [2.05, 4.69) is 4.90 Å². The van der Waals surface area contributed by atoms with Crippen LogP contribution in [0.5, 0.6) is 0 Å². The molecule has 0 atom stereocenters. The molecule has 1 fully saturated rings. The number of nitrogens with zero attached hydrogens (tertiary/aromatic N) is 1. The number of unbranched alkanes of at least 4 members (excludes halogenated alkanes) is 2. The number of ether oxygens (including phenoxy) is 3. The molecule has 0 N–H and O–H groups in total. The fourth-order valence-corrected chi connectivity index (χ4v) is 1.98. The lowest BCUT2D eigenvalue weighted by Gasteiger charge is -2.26. The Balaban J connectivity index is 1.99. The highest BCUT2D eigenvalue weighted by Gasteiger charge is 2.09. The van der Waals surface area contributed by atoms with E-state index in [0.717, 1.165) is 70.7 Å². The molecule has 1 heterocycles. The van der Waals surface area contributed by atoms with E-state index < -0.39 is 11.9 Å². The van der Waals surface area contributed by atoms with Crippen LogP contribution in [0.15, 0.2) is 12.2 Å². The summed E-state index contributed by atoms with van der Waals surface area (Å²) in [6, 6.07) is 0. The van der Waals surface area contributed by atoms with Crippen molar-refractivity contribution in [1.82, 2.24) is 4.90 Å². The third kappa shape index (κ3) is 9.52. The predicted molar refractivity (Wildman–Crippen MR) is 82.5 cm³/mol. The van der Waals surface area contributed by atoms with E-state index in [0.29, 0.717) is 13.2 Å². The number of esters is 2. The first-order valence-electron chi connectivity index (χ1n) is 8.04. The molecule has 22 heavy (non-hydrogen) atoms. The molecule has 0 aromatic carbocycles. The number of carbonyl (C=O) groups excluding carboxylic acids is 2. The van der Waals surface area contributed by atoms with Crippen molar-refractivity contribution < 1.29 is 23.8 Å². The number of morpholine rings is 1. The predicted octanol–water partition coefficient (Wildman–Crippen LogP) is 1.54. The van der Waals surface area contributed by atoms with Crippen LogP contribution in [0.3, 0.4) is 0 Å². The molecule has 1 aliphatic rings. The molecule has 0 aromatic heterocycles. The van der Waals surface area contributed by atoms with Gasteiger partial charge in [0.15, 0.2) is 0 Å². The molecule has 0 radical (unpaired) electrons. The molecule has 6 nitrogen and oxygen atoms in total. The smallest absolute Gasteiger partial charge is 0.331 e. The fourth-order valence-electron chi connectivity index (χ4n) is 1.98. The molecule has 0 aliphatic carbocycles. The van der Waals surface area contributed by atoms with Gasteiger partial charge in [-0.2, -0.15) is 0 Å². The van der Waals surface area contributed by atoms with Gasteiger partial charge in [-0.15, -0.1) is 0 Å². The lowest BCUT2D eigenvalue weighted by molar-refractivity contribution is -0.140. The van der Waals surface area contributed by atoms with Gasteiger partial charge in [0.05, 0.1) is 26.4 Å². The Hall–Kier alpha value is -1.40. The summed E-state index contributed by atoms with van der Waals surface area (Å²) < 4.78 is 15.2. The van der Waals surface area contributed by atoms with Gasteiger partial charge in [-0.05, 0) is 25.8 Å². The Morgan fingerprint density at radius 3 is 2.18 bits per heavy atom. The van der Waals surface area contributed by atoms with Crippen LogP contribution in [0.4, 0.5) is 0 Å². The van der Waals surface area contributed by atoms with Gasteiger partial charge in [-0.25, -0.2) is 9.59 Å². The molecule has 0 spiro atoms.